The molecule has 1 saturated heterocycles. The number of H-pyrrole nitrogens is 1. The van der Waals surface area contributed by atoms with Gasteiger partial charge >= 0.3 is 0 Å². The molecule has 1 aliphatic heterocycles. The SMILES string of the molecule is Cl.O=C(c1cc(C2CC2)[nH]n1)N(Cc1ccccn1)C1CCCNCC1. The third kappa shape index (κ3) is 4.43. The van der Waals surface area contributed by atoms with Gasteiger partial charge in [-0.05, 0) is 63.4 Å². The molecule has 2 aromatic heterocycles. The van der Waals surface area contributed by atoms with Crippen molar-refractivity contribution in [3.63, 3.8) is 0 Å². The van der Waals surface area contributed by atoms with Crippen LogP contribution >= 0.6 is 12.4 Å². The molecular formula is C19H26ClN5O. The molecule has 0 aromatic carbocycles. The van der Waals surface area contributed by atoms with Crippen LogP contribution in [-0.4, -0.2) is 45.1 Å². The highest BCUT2D eigenvalue weighted by Gasteiger charge is 2.30. The van der Waals surface area contributed by atoms with E-state index < -0.39 is 0 Å². The van der Waals surface area contributed by atoms with Gasteiger partial charge in [0.15, 0.2) is 0 Å². The molecule has 6 nitrogen and oxygen atoms in total. The standard InChI is InChI=1S/C19H25N5O.ClH/c25-19(18-12-17(22-23-18)14-6-7-14)24(13-15-4-1-2-10-21-15)16-5-3-9-20-11-8-16;/h1-2,4,10,12,14,16,20H,3,5-9,11,13H2,(H,22,23);1H. The van der Waals surface area contributed by atoms with Crippen LogP contribution in [0.2, 0.25) is 0 Å². The quantitative estimate of drug-likeness (QED) is 0.842. The lowest BCUT2D eigenvalue weighted by molar-refractivity contribution is 0.0636. The number of hydrogen-bond acceptors (Lipinski definition) is 4. The number of rotatable bonds is 5. The summed E-state index contributed by atoms with van der Waals surface area (Å²) in [6.45, 7) is 2.51. The first-order valence-corrected chi connectivity index (χ1v) is 9.28. The van der Waals surface area contributed by atoms with E-state index in [0.29, 0.717) is 18.2 Å². The molecule has 26 heavy (non-hydrogen) atoms. The molecule has 1 amide bonds. The number of amides is 1. The topological polar surface area (TPSA) is 73.9 Å². The lowest BCUT2D eigenvalue weighted by atomic mass is 10.1. The summed E-state index contributed by atoms with van der Waals surface area (Å²) in [4.78, 5) is 19.6. The number of pyridine rings is 1. The van der Waals surface area contributed by atoms with Crippen LogP contribution in [0.4, 0.5) is 0 Å². The van der Waals surface area contributed by atoms with Crippen molar-refractivity contribution in [1.82, 2.24) is 25.4 Å². The van der Waals surface area contributed by atoms with Gasteiger partial charge in [0.05, 0.1) is 12.2 Å². The molecule has 2 aromatic rings. The highest BCUT2D eigenvalue weighted by atomic mass is 35.5. The van der Waals surface area contributed by atoms with Gasteiger partial charge in [0.2, 0.25) is 0 Å². The number of carbonyl (C=O) groups is 1. The molecule has 7 heteroatoms. The number of aromatic amines is 1. The summed E-state index contributed by atoms with van der Waals surface area (Å²) in [6, 6.07) is 8.03. The molecule has 2 fully saturated rings. The fourth-order valence-corrected chi connectivity index (χ4v) is 3.54. The third-order valence-corrected chi connectivity index (χ3v) is 5.14. The Balaban J connectivity index is 0.00000196. The number of aromatic nitrogens is 3. The predicted octanol–water partition coefficient (Wildman–Crippen LogP) is 2.89. The molecule has 3 heterocycles. The van der Waals surface area contributed by atoms with E-state index >= 15 is 0 Å². The summed E-state index contributed by atoms with van der Waals surface area (Å²) < 4.78 is 0. The average molecular weight is 376 g/mol. The minimum atomic E-state index is 0. The average Bonchev–Trinajstić information content (AvgIpc) is 3.43. The first kappa shape index (κ1) is 18.9. The second kappa shape index (κ2) is 8.64. The molecule has 0 bridgehead atoms. The van der Waals surface area contributed by atoms with E-state index in [1.165, 1.54) is 12.8 Å². The Morgan fingerprint density at radius 1 is 1.19 bits per heavy atom. The number of carbonyl (C=O) groups excluding carboxylic acids is 1. The van der Waals surface area contributed by atoms with E-state index in [9.17, 15) is 4.79 Å². The van der Waals surface area contributed by atoms with Crippen molar-refractivity contribution in [2.24, 2.45) is 0 Å². The normalized spacial score (nSPS) is 20.1. The number of hydrogen-bond donors (Lipinski definition) is 2. The first-order valence-electron chi connectivity index (χ1n) is 9.28. The number of nitrogens with one attached hydrogen (secondary N) is 2. The Morgan fingerprint density at radius 3 is 2.85 bits per heavy atom. The van der Waals surface area contributed by atoms with Crippen LogP contribution in [0.5, 0.6) is 0 Å². The highest BCUT2D eigenvalue weighted by Crippen LogP contribution is 2.39. The molecule has 0 spiro atoms. The Bertz CT molecular complexity index is 708. The molecule has 1 unspecified atom stereocenters. The monoisotopic (exact) mass is 375 g/mol. The van der Waals surface area contributed by atoms with Crippen molar-refractivity contribution in [1.29, 1.82) is 0 Å². The summed E-state index contributed by atoms with van der Waals surface area (Å²) in [6.07, 6.45) is 7.25. The van der Waals surface area contributed by atoms with Crippen LogP contribution in [-0.2, 0) is 6.54 Å². The van der Waals surface area contributed by atoms with Crippen LogP contribution in [0.25, 0.3) is 0 Å². The van der Waals surface area contributed by atoms with Gasteiger partial charge < -0.3 is 10.2 Å². The van der Waals surface area contributed by atoms with Crippen molar-refractivity contribution in [2.75, 3.05) is 13.1 Å². The van der Waals surface area contributed by atoms with E-state index in [2.05, 4.69) is 20.5 Å². The number of nitrogens with zero attached hydrogens (tertiary/aromatic N) is 3. The molecule has 1 saturated carbocycles. The maximum Gasteiger partial charge on any atom is 0.274 e. The van der Waals surface area contributed by atoms with Gasteiger partial charge in [-0.2, -0.15) is 5.10 Å². The van der Waals surface area contributed by atoms with E-state index in [4.69, 9.17) is 0 Å². The minimum Gasteiger partial charge on any atom is -0.328 e. The van der Waals surface area contributed by atoms with E-state index in [1.54, 1.807) is 6.20 Å². The van der Waals surface area contributed by atoms with Crippen LogP contribution in [0.3, 0.4) is 0 Å². The summed E-state index contributed by atoms with van der Waals surface area (Å²) in [5.74, 6) is 0.584. The van der Waals surface area contributed by atoms with Gasteiger partial charge in [0.1, 0.15) is 5.69 Å². The zero-order valence-electron chi connectivity index (χ0n) is 14.9. The number of halogens is 1. The van der Waals surface area contributed by atoms with Gasteiger partial charge in [-0.15, -0.1) is 12.4 Å². The van der Waals surface area contributed by atoms with Crippen LogP contribution in [0.15, 0.2) is 30.5 Å². The smallest absolute Gasteiger partial charge is 0.274 e. The van der Waals surface area contributed by atoms with Gasteiger partial charge in [-0.3, -0.25) is 14.9 Å². The molecule has 1 aliphatic carbocycles. The Labute approximate surface area is 160 Å². The second-order valence-corrected chi connectivity index (χ2v) is 7.07. The Morgan fingerprint density at radius 2 is 2.08 bits per heavy atom. The van der Waals surface area contributed by atoms with Crippen LogP contribution < -0.4 is 5.32 Å². The van der Waals surface area contributed by atoms with Crippen molar-refractivity contribution < 1.29 is 4.79 Å². The molecule has 0 radical (unpaired) electrons. The van der Waals surface area contributed by atoms with Gasteiger partial charge in [0.25, 0.3) is 5.91 Å². The predicted molar refractivity (Wildman–Crippen MR) is 102 cm³/mol. The van der Waals surface area contributed by atoms with Gasteiger partial charge in [0, 0.05) is 23.9 Å². The summed E-state index contributed by atoms with van der Waals surface area (Å²) >= 11 is 0. The van der Waals surface area contributed by atoms with Crippen LogP contribution in [0.1, 0.15) is 59.9 Å². The molecular weight excluding hydrogens is 350 g/mol. The molecule has 2 N–H and O–H groups in total. The highest BCUT2D eigenvalue weighted by molar-refractivity contribution is 5.92. The molecule has 4 rings (SSSR count). The fraction of sp³-hybridized carbons (Fsp3) is 0.526. The van der Waals surface area contributed by atoms with Crippen molar-refractivity contribution in [2.45, 2.75) is 50.6 Å². The zero-order valence-corrected chi connectivity index (χ0v) is 15.7. The summed E-state index contributed by atoms with van der Waals surface area (Å²) in [5, 5.41) is 10.8. The molecule has 2 aliphatic rings. The van der Waals surface area contributed by atoms with Crippen molar-refractivity contribution >= 4 is 18.3 Å². The zero-order chi connectivity index (χ0) is 17.1. The van der Waals surface area contributed by atoms with Crippen molar-refractivity contribution in [3.05, 3.63) is 47.5 Å². The molecule has 140 valence electrons. The maximum atomic E-state index is 13.2. The van der Waals surface area contributed by atoms with E-state index in [0.717, 1.165) is 43.7 Å². The van der Waals surface area contributed by atoms with Crippen LogP contribution in [0, 0.1) is 0 Å². The van der Waals surface area contributed by atoms with E-state index in [1.807, 2.05) is 29.2 Å². The first-order chi connectivity index (χ1) is 12.3. The Kier molecular flexibility index (Phi) is 6.27. The Hall–Kier alpha value is -1.92. The minimum absolute atomic E-state index is 0. The largest absolute Gasteiger partial charge is 0.328 e. The second-order valence-electron chi connectivity index (χ2n) is 7.07. The lowest BCUT2D eigenvalue weighted by Gasteiger charge is -2.30. The maximum absolute atomic E-state index is 13.2. The summed E-state index contributed by atoms with van der Waals surface area (Å²) in [5.41, 5.74) is 2.56. The molecule has 1 atom stereocenters. The fourth-order valence-electron chi connectivity index (χ4n) is 3.54. The lowest BCUT2D eigenvalue weighted by Crippen LogP contribution is -2.40. The van der Waals surface area contributed by atoms with Crippen molar-refractivity contribution in [3.8, 4) is 0 Å². The third-order valence-electron chi connectivity index (χ3n) is 5.14. The summed E-state index contributed by atoms with van der Waals surface area (Å²) in [7, 11) is 0. The van der Waals surface area contributed by atoms with Gasteiger partial charge in [-0.1, -0.05) is 6.07 Å². The van der Waals surface area contributed by atoms with E-state index in [-0.39, 0.29) is 24.4 Å². The van der Waals surface area contributed by atoms with Gasteiger partial charge in [-0.25, -0.2) is 0 Å².